The van der Waals surface area contributed by atoms with Gasteiger partial charge in [0.2, 0.25) is 5.91 Å². The van der Waals surface area contributed by atoms with Crippen LogP contribution in [-0.2, 0) is 17.9 Å². The van der Waals surface area contributed by atoms with Crippen LogP contribution in [0.1, 0.15) is 30.0 Å². The lowest BCUT2D eigenvalue weighted by molar-refractivity contribution is -0.132. The number of aryl methyl sites for hydroxylation is 1. The van der Waals surface area contributed by atoms with Gasteiger partial charge in [0, 0.05) is 19.6 Å². The Hall–Kier alpha value is -2.13. The van der Waals surface area contributed by atoms with Crippen molar-refractivity contribution in [1.29, 1.82) is 0 Å². The van der Waals surface area contributed by atoms with Gasteiger partial charge in [-0.2, -0.15) is 0 Å². The monoisotopic (exact) mass is 324 g/mol. The van der Waals surface area contributed by atoms with Crippen molar-refractivity contribution in [2.45, 2.75) is 33.4 Å². The first-order valence-corrected chi connectivity index (χ1v) is 8.64. The van der Waals surface area contributed by atoms with Gasteiger partial charge in [-0.05, 0) is 31.5 Å². The predicted octanol–water partition coefficient (Wildman–Crippen LogP) is 3.87. The van der Waals surface area contributed by atoms with Crippen LogP contribution in [0.3, 0.4) is 0 Å². The molecule has 2 aromatic rings. The molecule has 0 aliphatic rings. The van der Waals surface area contributed by atoms with Crippen LogP contribution >= 0.6 is 0 Å². The van der Waals surface area contributed by atoms with E-state index in [4.69, 9.17) is 0 Å². The summed E-state index contributed by atoms with van der Waals surface area (Å²) in [6.07, 6.45) is 0.972. The Labute approximate surface area is 145 Å². The first-order valence-electron chi connectivity index (χ1n) is 8.64. The molecule has 0 aromatic heterocycles. The van der Waals surface area contributed by atoms with Crippen LogP contribution in [0.15, 0.2) is 54.6 Å². The summed E-state index contributed by atoms with van der Waals surface area (Å²) in [5, 5.41) is 0. The molecule has 0 atom stereocenters. The van der Waals surface area contributed by atoms with Gasteiger partial charge in [0.1, 0.15) is 0 Å². The highest BCUT2D eigenvalue weighted by atomic mass is 16.2. The van der Waals surface area contributed by atoms with E-state index in [1.807, 2.05) is 30.1 Å². The van der Waals surface area contributed by atoms with Gasteiger partial charge in [0.25, 0.3) is 0 Å². The molecule has 0 heterocycles. The average molecular weight is 324 g/mol. The summed E-state index contributed by atoms with van der Waals surface area (Å²) in [6.45, 7) is 6.91. The summed E-state index contributed by atoms with van der Waals surface area (Å²) < 4.78 is 0. The van der Waals surface area contributed by atoms with Gasteiger partial charge in [-0.3, -0.25) is 9.69 Å². The largest absolute Gasteiger partial charge is 0.337 e. The maximum Gasteiger partial charge on any atom is 0.237 e. The molecular weight excluding hydrogens is 296 g/mol. The maximum atomic E-state index is 12.7. The van der Waals surface area contributed by atoms with Crippen LogP contribution in [0.2, 0.25) is 0 Å². The van der Waals surface area contributed by atoms with E-state index in [-0.39, 0.29) is 5.91 Å². The molecule has 0 radical (unpaired) electrons. The second-order valence-electron chi connectivity index (χ2n) is 6.46. The predicted molar refractivity (Wildman–Crippen MR) is 99.7 cm³/mol. The van der Waals surface area contributed by atoms with Gasteiger partial charge in [0.15, 0.2) is 0 Å². The Morgan fingerprint density at radius 3 is 2.17 bits per heavy atom. The third kappa shape index (κ3) is 5.82. The highest BCUT2D eigenvalue weighted by Gasteiger charge is 2.15. The minimum atomic E-state index is 0.191. The standard InChI is InChI=1S/C21H28N2O/c1-4-14-23(16-20-12-10-18(2)11-13-20)21(24)17-22(3)15-19-8-6-5-7-9-19/h5-13H,4,14-17H2,1-3H3. The number of nitrogens with zero attached hydrogens (tertiary/aromatic N) is 2. The topological polar surface area (TPSA) is 23.6 Å². The number of benzene rings is 2. The number of hydrogen-bond acceptors (Lipinski definition) is 2. The molecule has 24 heavy (non-hydrogen) atoms. The van der Waals surface area contributed by atoms with E-state index < -0.39 is 0 Å². The van der Waals surface area contributed by atoms with Crippen molar-refractivity contribution in [3.63, 3.8) is 0 Å². The van der Waals surface area contributed by atoms with Gasteiger partial charge in [0.05, 0.1) is 6.54 Å². The molecule has 0 unspecified atom stereocenters. The molecular formula is C21H28N2O. The Balaban J connectivity index is 1.93. The Morgan fingerprint density at radius 2 is 1.54 bits per heavy atom. The van der Waals surface area contributed by atoms with Crippen molar-refractivity contribution < 1.29 is 4.79 Å². The normalized spacial score (nSPS) is 10.8. The lowest BCUT2D eigenvalue weighted by Crippen LogP contribution is -2.38. The van der Waals surface area contributed by atoms with E-state index in [1.54, 1.807) is 0 Å². The first kappa shape index (κ1) is 18.2. The van der Waals surface area contributed by atoms with E-state index in [9.17, 15) is 4.79 Å². The fourth-order valence-electron chi connectivity index (χ4n) is 2.76. The third-order valence-corrected chi connectivity index (χ3v) is 4.04. The zero-order valence-electron chi connectivity index (χ0n) is 15.0. The van der Waals surface area contributed by atoms with Crippen molar-refractivity contribution in [3.8, 4) is 0 Å². The minimum Gasteiger partial charge on any atom is -0.337 e. The van der Waals surface area contributed by atoms with E-state index in [1.165, 1.54) is 16.7 Å². The Bertz CT molecular complexity index is 622. The van der Waals surface area contributed by atoms with Gasteiger partial charge in [-0.1, -0.05) is 67.1 Å². The number of rotatable bonds is 8. The summed E-state index contributed by atoms with van der Waals surface area (Å²) in [5.41, 5.74) is 3.66. The number of carbonyl (C=O) groups is 1. The van der Waals surface area contributed by atoms with E-state index in [0.717, 1.165) is 19.5 Å². The van der Waals surface area contributed by atoms with Crippen LogP contribution in [0.4, 0.5) is 0 Å². The molecule has 128 valence electrons. The first-order chi connectivity index (χ1) is 11.6. The number of amides is 1. The molecule has 0 spiro atoms. The SMILES string of the molecule is CCCN(Cc1ccc(C)cc1)C(=O)CN(C)Cc1ccccc1. The smallest absolute Gasteiger partial charge is 0.237 e. The van der Waals surface area contributed by atoms with Crippen LogP contribution in [-0.4, -0.2) is 35.8 Å². The van der Waals surface area contributed by atoms with E-state index >= 15 is 0 Å². The summed E-state index contributed by atoms with van der Waals surface area (Å²) >= 11 is 0. The molecule has 2 rings (SSSR count). The summed E-state index contributed by atoms with van der Waals surface area (Å²) in [6, 6.07) is 18.7. The Kier molecular flexibility index (Phi) is 7.01. The van der Waals surface area contributed by atoms with E-state index in [2.05, 4.69) is 55.1 Å². The van der Waals surface area contributed by atoms with Crippen LogP contribution in [0.25, 0.3) is 0 Å². The van der Waals surface area contributed by atoms with Crippen LogP contribution in [0, 0.1) is 6.92 Å². The molecule has 2 aromatic carbocycles. The van der Waals surface area contributed by atoms with Crippen molar-refractivity contribution >= 4 is 5.91 Å². The van der Waals surface area contributed by atoms with Crippen molar-refractivity contribution in [2.75, 3.05) is 20.1 Å². The number of carbonyl (C=O) groups excluding carboxylic acids is 1. The third-order valence-electron chi connectivity index (χ3n) is 4.04. The van der Waals surface area contributed by atoms with Gasteiger partial charge < -0.3 is 4.90 Å². The molecule has 0 aliphatic carbocycles. The van der Waals surface area contributed by atoms with E-state index in [0.29, 0.717) is 13.1 Å². The van der Waals surface area contributed by atoms with Crippen molar-refractivity contribution in [3.05, 3.63) is 71.3 Å². The molecule has 0 bridgehead atoms. The summed E-state index contributed by atoms with van der Waals surface area (Å²) in [5.74, 6) is 0.191. The number of likely N-dealkylation sites (N-methyl/N-ethyl adjacent to an activating group) is 1. The summed E-state index contributed by atoms with van der Waals surface area (Å²) in [7, 11) is 2.00. The molecule has 0 saturated heterocycles. The molecule has 3 nitrogen and oxygen atoms in total. The van der Waals surface area contributed by atoms with Crippen molar-refractivity contribution in [1.82, 2.24) is 9.80 Å². The maximum absolute atomic E-state index is 12.7. The second kappa shape index (κ2) is 9.24. The number of hydrogen-bond donors (Lipinski definition) is 0. The highest BCUT2D eigenvalue weighted by Crippen LogP contribution is 2.09. The molecule has 0 saturated carbocycles. The average Bonchev–Trinajstić information content (AvgIpc) is 2.57. The lowest BCUT2D eigenvalue weighted by Gasteiger charge is -2.25. The molecule has 1 amide bonds. The minimum absolute atomic E-state index is 0.191. The Morgan fingerprint density at radius 1 is 0.917 bits per heavy atom. The summed E-state index contributed by atoms with van der Waals surface area (Å²) in [4.78, 5) is 16.7. The molecule has 0 aliphatic heterocycles. The fourth-order valence-corrected chi connectivity index (χ4v) is 2.76. The van der Waals surface area contributed by atoms with Crippen LogP contribution < -0.4 is 0 Å². The highest BCUT2D eigenvalue weighted by molar-refractivity contribution is 5.78. The molecule has 0 fully saturated rings. The lowest BCUT2D eigenvalue weighted by atomic mass is 10.1. The van der Waals surface area contributed by atoms with Gasteiger partial charge >= 0.3 is 0 Å². The molecule has 0 N–H and O–H groups in total. The zero-order valence-corrected chi connectivity index (χ0v) is 15.0. The fraction of sp³-hybridized carbons (Fsp3) is 0.381. The van der Waals surface area contributed by atoms with Crippen LogP contribution in [0.5, 0.6) is 0 Å². The molecule has 3 heteroatoms. The van der Waals surface area contributed by atoms with Gasteiger partial charge in [-0.25, -0.2) is 0 Å². The zero-order chi connectivity index (χ0) is 17.4. The second-order valence-corrected chi connectivity index (χ2v) is 6.46. The van der Waals surface area contributed by atoms with Gasteiger partial charge in [-0.15, -0.1) is 0 Å². The van der Waals surface area contributed by atoms with Crippen molar-refractivity contribution in [2.24, 2.45) is 0 Å². The quantitative estimate of drug-likeness (QED) is 0.736.